The molecule has 0 spiro atoms. The number of fused-ring (bicyclic) bond motifs is 30. The molecule has 141 heavy (non-hydrogen) atoms. The minimum absolute atomic E-state index is 0.875. The second kappa shape index (κ2) is 33.0. The minimum atomic E-state index is 0.875. The van der Waals surface area contributed by atoms with Crippen LogP contribution in [0, 0.1) is 0 Å². The first-order valence-electron chi connectivity index (χ1n) is 47.8. The molecule has 0 saturated carbocycles. The number of anilines is 9. The van der Waals surface area contributed by atoms with E-state index in [4.69, 9.17) is 26.5 Å². The smallest absolute Gasteiger partial charge is 0.137 e. The Hall–Kier alpha value is -19.0. The van der Waals surface area contributed by atoms with E-state index in [9.17, 15) is 0 Å². The van der Waals surface area contributed by atoms with Crippen molar-refractivity contribution in [1.82, 2.24) is 0 Å². The molecule has 0 saturated heterocycles. The Kier molecular flexibility index (Phi) is 18.8. The van der Waals surface area contributed by atoms with Crippen LogP contribution in [0.1, 0.15) is 0 Å². The molecule has 30 aromatic rings. The first kappa shape index (κ1) is 80.5. The van der Waals surface area contributed by atoms with Crippen LogP contribution < -0.4 is 14.7 Å². The molecule has 0 aliphatic heterocycles. The number of nitrogens with zero attached hydrogens (tertiary/aromatic N) is 3. The zero-order valence-electron chi connectivity index (χ0n) is 76.1. The highest BCUT2D eigenvalue weighted by Gasteiger charge is 2.25. The summed E-state index contributed by atoms with van der Waals surface area (Å²) in [6, 6.07) is 174. The fourth-order valence-corrected chi connectivity index (χ4v) is 21.7. The second-order valence-corrected chi connectivity index (χ2v) is 36.4. The Morgan fingerprint density at radius 2 is 0.340 bits per heavy atom. The van der Waals surface area contributed by atoms with Crippen molar-refractivity contribution < 1.29 is 26.5 Å². The quantitative estimate of drug-likeness (QED) is 0.111. The molecule has 9 heteroatoms. The van der Waals surface area contributed by atoms with E-state index in [0.29, 0.717) is 0 Å². The van der Waals surface area contributed by atoms with Crippen LogP contribution in [0.2, 0.25) is 0 Å². The van der Waals surface area contributed by atoms with Gasteiger partial charge in [-0.3, -0.25) is 0 Å². The molecular formula is C132H81N3O6. The van der Waals surface area contributed by atoms with Crippen LogP contribution >= 0.6 is 0 Å². The first-order chi connectivity index (χ1) is 69.8. The molecule has 0 N–H and O–H groups in total. The second-order valence-electron chi connectivity index (χ2n) is 36.4. The lowest BCUT2D eigenvalue weighted by Crippen LogP contribution is -2.09. The van der Waals surface area contributed by atoms with Gasteiger partial charge in [-0.15, -0.1) is 0 Å². The molecule has 0 aliphatic carbocycles. The number of hydrogen-bond acceptors (Lipinski definition) is 9. The summed E-state index contributed by atoms with van der Waals surface area (Å²) in [6.07, 6.45) is 0. The molecule has 6 heterocycles. The minimum Gasteiger partial charge on any atom is -0.456 e. The topological polar surface area (TPSA) is 88.6 Å². The van der Waals surface area contributed by atoms with Gasteiger partial charge in [-0.2, -0.15) is 0 Å². The maximum absolute atomic E-state index is 6.30. The molecule has 24 aromatic carbocycles. The number of benzene rings is 24. The van der Waals surface area contributed by atoms with Crippen LogP contribution in [0.4, 0.5) is 51.2 Å². The molecule has 30 rings (SSSR count). The summed E-state index contributed by atoms with van der Waals surface area (Å²) in [5.74, 6) is 0. The zero-order chi connectivity index (χ0) is 92.7. The number of rotatable bonds is 12. The fourth-order valence-electron chi connectivity index (χ4n) is 21.7. The van der Waals surface area contributed by atoms with Gasteiger partial charge in [-0.05, 0) is 270 Å². The monoisotopic (exact) mass is 1800 g/mol. The van der Waals surface area contributed by atoms with E-state index in [1.165, 1.54) is 97.5 Å². The lowest BCUT2D eigenvalue weighted by Gasteiger charge is -2.26. The normalized spacial score (nSPS) is 11.8. The average Bonchev–Trinajstić information content (AvgIpc) is 1.65. The molecule has 0 atom stereocenters. The third kappa shape index (κ3) is 13.8. The van der Waals surface area contributed by atoms with Crippen molar-refractivity contribution in [2.75, 3.05) is 14.7 Å². The molecular weight excluding hydrogens is 1720 g/mol. The standard InChI is InChI=1S/3C44H27NO2/c1-2-10-32(11-3-1)45(34-22-23-36-35-13-4-6-15-39(35)47-42(36)27-34)33-12-8-9-30(25-33)31-20-18-28-17-19-29-21-24-41-44(43(29)38(28)26-31)37-14-5-7-16-40(37)46-41;1-2-8-32(9-3-1)45(34-23-24-36-35-10-4-6-12-39(35)47-42(36)27-34)33-21-18-28(19-22-33)31-17-15-29-14-16-30-20-25-41-44(43(30)38(29)26-31)37-11-5-7-13-40(37)46-41;1-2-8-32(9-3-1)45(34-23-25-41-38(27-34)35-10-4-6-12-39(35)46-41)33-21-18-28(19-22-33)31-17-15-29-14-16-30-20-24-42-44(43(30)37(29)26-31)36-11-5-7-13-40(36)47-42/h3*1-27H. The van der Waals surface area contributed by atoms with Gasteiger partial charge < -0.3 is 41.2 Å². The predicted octanol–water partition coefficient (Wildman–Crippen LogP) is 38.8. The third-order valence-electron chi connectivity index (χ3n) is 28.3. The van der Waals surface area contributed by atoms with Crippen molar-refractivity contribution in [2.45, 2.75) is 0 Å². The summed E-state index contributed by atoms with van der Waals surface area (Å²) < 4.78 is 37.5. The number of para-hydroxylation sites is 9. The highest BCUT2D eigenvalue weighted by Crippen LogP contribution is 2.49. The van der Waals surface area contributed by atoms with Gasteiger partial charge in [0.1, 0.15) is 67.0 Å². The van der Waals surface area contributed by atoms with Crippen molar-refractivity contribution >= 4 is 247 Å². The van der Waals surface area contributed by atoms with Crippen LogP contribution in [0.15, 0.2) is 518 Å². The summed E-state index contributed by atoms with van der Waals surface area (Å²) in [6.45, 7) is 0. The van der Waals surface area contributed by atoms with E-state index in [-0.39, 0.29) is 0 Å². The largest absolute Gasteiger partial charge is 0.456 e. The summed E-state index contributed by atoms with van der Waals surface area (Å²) >= 11 is 0. The Morgan fingerprint density at radius 3 is 0.738 bits per heavy atom. The number of hydrogen-bond donors (Lipinski definition) is 0. The van der Waals surface area contributed by atoms with Gasteiger partial charge in [-0.1, -0.05) is 291 Å². The van der Waals surface area contributed by atoms with Crippen LogP contribution in [0.5, 0.6) is 0 Å². The first-order valence-corrected chi connectivity index (χ1v) is 47.8. The SMILES string of the molecule is c1ccc(N(c2ccc(-c3ccc4ccc5ccc6oc7ccccc7c6c5c4c3)cc2)c2ccc3c(c2)oc2ccccc23)cc1.c1ccc(N(c2ccc(-c3ccc4ccc5ccc6oc7ccccc7c6c5c4c3)cc2)c2ccc3oc4ccccc4c3c2)cc1.c1ccc(N(c2cccc(-c3ccc4ccc5ccc6oc7ccccc7c6c5c4c3)c2)c2ccc3c(c2)oc2ccccc23)cc1. The molecule has 0 bridgehead atoms. The lowest BCUT2D eigenvalue weighted by atomic mass is 9.94. The van der Waals surface area contributed by atoms with Gasteiger partial charge in [-0.25, -0.2) is 0 Å². The summed E-state index contributed by atoms with van der Waals surface area (Å²) in [7, 11) is 0. The average molecular weight is 1810 g/mol. The van der Waals surface area contributed by atoms with Crippen LogP contribution in [-0.4, -0.2) is 0 Å². The maximum atomic E-state index is 6.30. The van der Waals surface area contributed by atoms with E-state index in [1.807, 2.05) is 72.8 Å². The van der Waals surface area contributed by atoms with Gasteiger partial charge in [0.25, 0.3) is 0 Å². The molecule has 0 amide bonds. The van der Waals surface area contributed by atoms with Crippen molar-refractivity contribution in [3.63, 3.8) is 0 Å². The van der Waals surface area contributed by atoms with Crippen molar-refractivity contribution in [1.29, 1.82) is 0 Å². The molecule has 0 radical (unpaired) electrons. The molecule has 6 aromatic heterocycles. The van der Waals surface area contributed by atoms with Gasteiger partial charge in [0.15, 0.2) is 0 Å². The summed E-state index contributed by atoms with van der Waals surface area (Å²) in [5, 5.41) is 28.4. The van der Waals surface area contributed by atoms with Crippen LogP contribution in [-0.2, 0) is 0 Å². The Balaban J connectivity index is 0.000000104. The highest BCUT2D eigenvalue weighted by molar-refractivity contribution is 6.30. The molecule has 660 valence electrons. The maximum Gasteiger partial charge on any atom is 0.137 e. The van der Waals surface area contributed by atoms with E-state index in [1.54, 1.807) is 0 Å². The van der Waals surface area contributed by atoms with Gasteiger partial charge in [0.05, 0.1) is 0 Å². The van der Waals surface area contributed by atoms with Gasteiger partial charge >= 0.3 is 0 Å². The Morgan fingerprint density at radius 1 is 0.106 bits per heavy atom. The zero-order valence-corrected chi connectivity index (χ0v) is 76.1. The van der Waals surface area contributed by atoms with Crippen LogP contribution in [0.25, 0.3) is 230 Å². The molecule has 9 nitrogen and oxygen atoms in total. The van der Waals surface area contributed by atoms with E-state index in [2.05, 4.69) is 433 Å². The van der Waals surface area contributed by atoms with Crippen molar-refractivity contribution in [2.24, 2.45) is 0 Å². The van der Waals surface area contributed by atoms with E-state index in [0.717, 1.165) is 183 Å². The highest BCUT2D eigenvalue weighted by atomic mass is 16.3. The molecule has 0 unspecified atom stereocenters. The molecule has 0 fully saturated rings. The fraction of sp³-hybridized carbons (Fsp3) is 0. The predicted molar refractivity (Wildman–Crippen MR) is 588 cm³/mol. The number of furan rings is 6. The summed E-state index contributed by atoms with van der Waals surface area (Å²) in [5.41, 5.74) is 27.5. The molecule has 0 aliphatic rings. The van der Waals surface area contributed by atoms with Gasteiger partial charge in [0, 0.05) is 144 Å². The Bertz CT molecular complexity index is 10200. The van der Waals surface area contributed by atoms with Crippen molar-refractivity contribution in [3.8, 4) is 33.4 Å². The van der Waals surface area contributed by atoms with Gasteiger partial charge in [0.2, 0.25) is 0 Å². The van der Waals surface area contributed by atoms with Crippen LogP contribution in [0.3, 0.4) is 0 Å². The Labute approximate surface area is 807 Å². The van der Waals surface area contributed by atoms with Crippen molar-refractivity contribution in [3.05, 3.63) is 491 Å². The lowest BCUT2D eigenvalue weighted by molar-refractivity contribution is 0.668. The van der Waals surface area contributed by atoms with E-state index < -0.39 is 0 Å². The van der Waals surface area contributed by atoms with E-state index >= 15 is 0 Å². The summed E-state index contributed by atoms with van der Waals surface area (Å²) in [4.78, 5) is 6.89. The third-order valence-corrected chi connectivity index (χ3v) is 28.3.